The van der Waals surface area contributed by atoms with Crippen LogP contribution in [-0.2, 0) is 0 Å². The summed E-state index contributed by atoms with van der Waals surface area (Å²) < 4.78 is 0. The highest BCUT2D eigenvalue weighted by Crippen LogP contribution is 2.22. The van der Waals surface area contributed by atoms with E-state index in [9.17, 15) is 9.90 Å². The van der Waals surface area contributed by atoms with Crippen molar-refractivity contribution in [2.45, 2.75) is 0 Å². The molecule has 7 nitrogen and oxygen atoms in total. The Bertz CT molecular complexity index is 596. The van der Waals surface area contributed by atoms with Crippen LogP contribution in [0.3, 0.4) is 0 Å². The highest BCUT2D eigenvalue weighted by Gasteiger charge is 2.23. The Labute approximate surface area is 119 Å². The minimum absolute atomic E-state index is 0.148. The summed E-state index contributed by atoms with van der Waals surface area (Å²) in [5.74, 6) is -0.505. The van der Waals surface area contributed by atoms with Crippen molar-refractivity contribution in [3.05, 3.63) is 29.7 Å². The molecule has 0 aromatic carbocycles. The number of nitrogens with zero attached hydrogens (tertiary/aromatic N) is 5. The van der Waals surface area contributed by atoms with Gasteiger partial charge in [0.2, 0.25) is 0 Å². The zero-order valence-electron chi connectivity index (χ0n) is 10.6. The molecule has 1 N–H and O–H groups in total. The molecule has 0 bridgehead atoms. The number of carboxylic acid groups (broad SMARTS) is 1. The number of piperazine rings is 1. The molecule has 0 unspecified atom stereocenters. The van der Waals surface area contributed by atoms with Crippen molar-refractivity contribution in [3.8, 4) is 0 Å². The summed E-state index contributed by atoms with van der Waals surface area (Å²) in [4.78, 5) is 27.6. The van der Waals surface area contributed by atoms with E-state index in [1.807, 2.05) is 10.3 Å². The number of aromatic carboxylic acids is 1. The molecule has 0 atom stereocenters. The molecule has 3 heterocycles. The maximum absolute atomic E-state index is 11.2. The molecule has 3 rings (SSSR count). The van der Waals surface area contributed by atoms with Gasteiger partial charge in [-0.1, -0.05) is 0 Å². The maximum atomic E-state index is 11.2. The fourth-order valence-corrected chi connectivity index (χ4v) is 2.90. The summed E-state index contributed by atoms with van der Waals surface area (Å²) in [6.45, 7) is 3.04. The third kappa shape index (κ3) is 2.42. The van der Waals surface area contributed by atoms with Gasteiger partial charge < -0.3 is 14.9 Å². The van der Waals surface area contributed by atoms with E-state index >= 15 is 0 Å². The third-order valence-electron chi connectivity index (χ3n) is 3.19. The number of carboxylic acids is 1. The van der Waals surface area contributed by atoms with Gasteiger partial charge >= 0.3 is 5.97 Å². The van der Waals surface area contributed by atoms with E-state index in [1.54, 1.807) is 17.5 Å². The van der Waals surface area contributed by atoms with Gasteiger partial charge in [-0.15, -0.1) is 11.3 Å². The van der Waals surface area contributed by atoms with E-state index in [4.69, 9.17) is 0 Å². The Balaban J connectivity index is 1.74. The Morgan fingerprint density at radius 2 is 1.95 bits per heavy atom. The average molecular weight is 291 g/mol. The number of aromatic nitrogens is 3. The highest BCUT2D eigenvalue weighted by molar-refractivity contribution is 7.13. The Hall–Kier alpha value is -2.22. The van der Waals surface area contributed by atoms with Crippen LogP contribution in [0.1, 0.15) is 10.4 Å². The zero-order chi connectivity index (χ0) is 13.9. The molecule has 1 saturated heterocycles. The average Bonchev–Trinajstić information content (AvgIpc) is 3.02. The van der Waals surface area contributed by atoms with Crippen molar-refractivity contribution in [3.63, 3.8) is 0 Å². The van der Waals surface area contributed by atoms with Crippen molar-refractivity contribution >= 4 is 28.3 Å². The lowest BCUT2D eigenvalue weighted by molar-refractivity contribution is 0.0696. The van der Waals surface area contributed by atoms with E-state index in [-0.39, 0.29) is 5.56 Å². The molecule has 1 aliphatic rings. The number of rotatable bonds is 3. The second-order valence-electron chi connectivity index (χ2n) is 4.35. The number of anilines is 2. The monoisotopic (exact) mass is 291 g/mol. The summed E-state index contributed by atoms with van der Waals surface area (Å²) in [7, 11) is 0. The number of carbonyl (C=O) groups is 1. The molecule has 0 radical (unpaired) electrons. The van der Waals surface area contributed by atoms with Gasteiger partial charge in [-0.05, 0) is 0 Å². The van der Waals surface area contributed by atoms with Crippen molar-refractivity contribution in [2.24, 2.45) is 0 Å². The molecular weight excluding hydrogens is 278 g/mol. The number of hydrogen-bond donors (Lipinski definition) is 1. The smallest absolute Gasteiger partial charge is 0.341 e. The van der Waals surface area contributed by atoms with Crippen LogP contribution in [0.25, 0.3) is 0 Å². The Morgan fingerprint density at radius 1 is 1.20 bits per heavy atom. The maximum Gasteiger partial charge on any atom is 0.341 e. The van der Waals surface area contributed by atoms with E-state index < -0.39 is 5.97 Å². The SMILES string of the molecule is O=C(O)c1cncnc1N1CCN(c2nccs2)CC1. The molecule has 0 saturated carbocycles. The second-order valence-corrected chi connectivity index (χ2v) is 5.23. The topological polar surface area (TPSA) is 82.4 Å². The summed E-state index contributed by atoms with van der Waals surface area (Å²) in [5.41, 5.74) is 0.148. The number of hydrogen-bond acceptors (Lipinski definition) is 7. The molecular formula is C12H13N5O2S. The summed E-state index contributed by atoms with van der Waals surface area (Å²) in [6.07, 6.45) is 4.52. The van der Waals surface area contributed by atoms with Gasteiger partial charge in [0, 0.05) is 44.0 Å². The van der Waals surface area contributed by atoms with E-state index in [0.717, 1.165) is 31.3 Å². The fourth-order valence-electron chi connectivity index (χ4n) is 2.21. The lowest BCUT2D eigenvalue weighted by atomic mass is 10.2. The van der Waals surface area contributed by atoms with Crippen molar-refractivity contribution < 1.29 is 9.90 Å². The third-order valence-corrected chi connectivity index (χ3v) is 4.02. The van der Waals surface area contributed by atoms with Crippen LogP contribution >= 0.6 is 11.3 Å². The van der Waals surface area contributed by atoms with Crippen LogP contribution in [0.2, 0.25) is 0 Å². The van der Waals surface area contributed by atoms with Crippen molar-refractivity contribution in [1.82, 2.24) is 15.0 Å². The second kappa shape index (κ2) is 5.41. The predicted octanol–water partition coefficient (Wildman–Crippen LogP) is 0.958. The van der Waals surface area contributed by atoms with E-state index in [2.05, 4.69) is 19.9 Å². The lowest BCUT2D eigenvalue weighted by Gasteiger charge is -2.35. The Morgan fingerprint density at radius 3 is 2.60 bits per heavy atom. The first-order valence-electron chi connectivity index (χ1n) is 6.18. The summed E-state index contributed by atoms with van der Waals surface area (Å²) in [6, 6.07) is 0. The zero-order valence-corrected chi connectivity index (χ0v) is 11.5. The first kappa shape index (κ1) is 12.8. The minimum Gasteiger partial charge on any atom is -0.477 e. The van der Waals surface area contributed by atoms with Crippen LogP contribution in [-0.4, -0.2) is 52.2 Å². The number of thiazole rings is 1. The normalized spacial score (nSPS) is 15.4. The first-order chi connectivity index (χ1) is 9.75. The minimum atomic E-state index is -0.997. The first-order valence-corrected chi connectivity index (χ1v) is 7.06. The van der Waals surface area contributed by atoms with Gasteiger partial charge in [0.1, 0.15) is 17.7 Å². The lowest BCUT2D eigenvalue weighted by Crippen LogP contribution is -2.47. The highest BCUT2D eigenvalue weighted by atomic mass is 32.1. The van der Waals surface area contributed by atoms with Crippen molar-refractivity contribution in [2.75, 3.05) is 36.0 Å². The van der Waals surface area contributed by atoms with Crippen LogP contribution in [0.4, 0.5) is 10.9 Å². The molecule has 1 fully saturated rings. The predicted molar refractivity (Wildman–Crippen MR) is 75.5 cm³/mol. The van der Waals surface area contributed by atoms with Gasteiger partial charge in [0.15, 0.2) is 5.13 Å². The van der Waals surface area contributed by atoms with Gasteiger partial charge in [0.25, 0.3) is 0 Å². The van der Waals surface area contributed by atoms with Crippen LogP contribution < -0.4 is 9.80 Å². The van der Waals surface area contributed by atoms with Crippen molar-refractivity contribution in [1.29, 1.82) is 0 Å². The van der Waals surface area contributed by atoms with Crippen LogP contribution in [0, 0.1) is 0 Å². The largest absolute Gasteiger partial charge is 0.477 e. The molecule has 0 aliphatic carbocycles. The van der Waals surface area contributed by atoms with Gasteiger partial charge in [-0.3, -0.25) is 0 Å². The summed E-state index contributed by atoms with van der Waals surface area (Å²) >= 11 is 1.61. The molecule has 20 heavy (non-hydrogen) atoms. The molecule has 8 heteroatoms. The van der Waals surface area contributed by atoms with E-state index in [1.165, 1.54) is 12.5 Å². The molecule has 2 aromatic heterocycles. The quantitative estimate of drug-likeness (QED) is 0.901. The van der Waals surface area contributed by atoms with Gasteiger partial charge in [-0.2, -0.15) is 0 Å². The van der Waals surface area contributed by atoms with Crippen LogP contribution in [0.5, 0.6) is 0 Å². The summed E-state index contributed by atoms with van der Waals surface area (Å²) in [5, 5.41) is 12.1. The van der Waals surface area contributed by atoms with Crippen LogP contribution in [0.15, 0.2) is 24.1 Å². The van der Waals surface area contributed by atoms with Gasteiger partial charge in [0.05, 0.1) is 0 Å². The molecule has 1 aliphatic heterocycles. The molecule has 2 aromatic rings. The van der Waals surface area contributed by atoms with E-state index in [0.29, 0.717) is 5.82 Å². The standard InChI is InChI=1S/C12H13N5O2S/c18-11(19)9-7-13-8-15-10(9)16-2-4-17(5-3-16)12-14-1-6-20-12/h1,6-8H,2-5H2,(H,18,19). The molecule has 0 amide bonds. The Kier molecular flexibility index (Phi) is 3.46. The fraction of sp³-hybridized carbons (Fsp3) is 0.333. The molecule has 104 valence electrons. The van der Waals surface area contributed by atoms with Gasteiger partial charge in [-0.25, -0.2) is 19.7 Å². The molecule has 0 spiro atoms.